The van der Waals surface area contributed by atoms with Gasteiger partial charge < -0.3 is 0 Å². The first-order valence-electron chi connectivity index (χ1n) is 8.46. The van der Waals surface area contributed by atoms with Crippen LogP contribution in [0.3, 0.4) is 0 Å². The quantitative estimate of drug-likeness (QED) is 0.646. The van der Waals surface area contributed by atoms with Crippen molar-refractivity contribution >= 4 is 0 Å². The first-order chi connectivity index (χ1) is 10.6. The Labute approximate surface area is 133 Å². The molecule has 2 unspecified atom stereocenters. The molecule has 0 bridgehead atoms. The van der Waals surface area contributed by atoms with Crippen molar-refractivity contribution in [1.29, 1.82) is 0 Å². The molecule has 0 aromatic heterocycles. The van der Waals surface area contributed by atoms with Crippen LogP contribution in [0.5, 0.6) is 0 Å². The SMILES string of the molecule is CC[C@H](C)CC1c2ccccc2Cc2ccc(F)cc2C1C. The van der Waals surface area contributed by atoms with Crippen molar-refractivity contribution in [2.45, 2.75) is 51.9 Å². The number of fused-ring (bicyclic) bond motifs is 2. The molecule has 1 aliphatic carbocycles. The summed E-state index contributed by atoms with van der Waals surface area (Å²) in [4.78, 5) is 0. The molecule has 3 rings (SSSR count). The van der Waals surface area contributed by atoms with Crippen molar-refractivity contribution in [3.05, 3.63) is 70.5 Å². The summed E-state index contributed by atoms with van der Waals surface area (Å²) in [6.07, 6.45) is 3.29. The molecule has 0 saturated carbocycles. The lowest BCUT2D eigenvalue weighted by atomic mass is 9.77. The van der Waals surface area contributed by atoms with Crippen molar-refractivity contribution in [1.82, 2.24) is 0 Å². The van der Waals surface area contributed by atoms with Gasteiger partial charge in [0.1, 0.15) is 5.82 Å². The highest BCUT2D eigenvalue weighted by Gasteiger charge is 2.29. The fourth-order valence-electron chi connectivity index (χ4n) is 3.83. The minimum absolute atomic E-state index is 0.112. The van der Waals surface area contributed by atoms with Crippen molar-refractivity contribution in [2.24, 2.45) is 5.92 Å². The maximum Gasteiger partial charge on any atom is 0.123 e. The van der Waals surface area contributed by atoms with Gasteiger partial charge in [0.2, 0.25) is 0 Å². The molecule has 0 N–H and O–H groups in total. The number of benzene rings is 2. The third-order valence-corrected chi connectivity index (χ3v) is 5.39. The summed E-state index contributed by atoms with van der Waals surface area (Å²) >= 11 is 0. The van der Waals surface area contributed by atoms with E-state index in [0.717, 1.165) is 6.42 Å². The van der Waals surface area contributed by atoms with Crippen LogP contribution in [0.4, 0.5) is 4.39 Å². The van der Waals surface area contributed by atoms with E-state index in [1.54, 1.807) is 12.1 Å². The average Bonchev–Trinajstić information content (AvgIpc) is 2.64. The molecule has 0 amide bonds. The molecule has 2 aromatic rings. The van der Waals surface area contributed by atoms with Crippen molar-refractivity contribution in [2.75, 3.05) is 0 Å². The molecule has 22 heavy (non-hydrogen) atoms. The maximum atomic E-state index is 13.8. The Balaban J connectivity index is 2.11. The normalized spacial score (nSPS) is 21.6. The van der Waals surface area contributed by atoms with Gasteiger partial charge in [-0.2, -0.15) is 0 Å². The van der Waals surface area contributed by atoms with Crippen LogP contribution in [-0.4, -0.2) is 0 Å². The molecular weight excluding hydrogens is 271 g/mol. The molecule has 0 saturated heterocycles. The molecule has 0 aliphatic heterocycles. The zero-order valence-corrected chi connectivity index (χ0v) is 13.8. The van der Waals surface area contributed by atoms with Gasteiger partial charge in [-0.25, -0.2) is 4.39 Å². The molecule has 0 heterocycles. The van der Waals surface area contributed by atoms with E-state index in [9.17, 15) is 4.39 Å². The molecular formula is C21H25F. The van der Waals surface area contributed by atoms with Gasteiger partial charge in [-0.15, -0.1) is 0 Å². The molecule has 116 valence electrons. The van der Waals surface area contributed by atoms with Gasteiger partial charge >= 0.3 is 0 Å². The van der Waals surface area contributed by atoms with Crippen LogP contribution in [-0.2, 0) is 6.42 Å². The minimum atomic E-state index is -0.112. The van der Waals surface area contributed by atoms with Crippen LogP contribution >= 0.6 is 0 Å². The fraction of sp³-hybridized carbons (Fsp3) is 0.429. The van der Waals surface area contributed by atoms with E-state index in [1.165, 1.54) is 35.1 Å². The summed E-state index contributed by atoms with van der Waals surface area (Å²) in [6, 6.07) is 14.1. The number of hydrogen-bond donors (Lipinski definition) is 0. The summed E-state index contributed by atoms with van der Waals surface area (Å²) in [5.74, 6) is 1.42. The predicted octanol–water partition coefficient (Wildman–Crippen LogP) is 6.05. The van der Waals surface area contributed by atoms with Crippen LogP contribution in [0.15, 0.2) is 42.5 Å². The van der Waals surface area contributed by atoms with E-state index in [1.807, 2.05) is 6.07 Å². The summed E-state index contributed by atoms with van der Waals surface area (Å²) in [5, 5.41) is 0. The maximum absolute atomic E-state index is 13.8. The van der Waals surface area contributed by atoms with Gasteiger partial charge in [-0.05, 0) is 65.0 Å². The smallest absolute Gasteiger partial charge is 0.123 e. The Morgan fingerprint density at radius 1 is 1.09 bits per heavy atom. The second-order valence-electron chi connectivity index (χ2n) is 6.86. The zero-order chi connectivity index (χ0) is 15.7. The van der Waals surface area contributed by atoms with Crippen LogP contribution < -0.4 is 0 Å². The standard InChI is InChI=1S/C21H25F/c1-4-14(2)11-21-15(3)20-13-18(22)10-9-17(20)12-16-7-5-6-8-19(16)21/h5-10,13-15,21H,4,11-12H2,1-3H3/t14-,15?,21?/m0/s1. The summed E-state index contributed by atoms with van der Waals surface area (Å²) < 4.78 is 13.8. The molecule has 0 spiro atoms. The highest BCUT2D eigenvalue weighted by atomic mass is 19.1. The lowest BCUT2D eigenvalue weighted by Gasteiger charge is -2.27. The van der Waals surface area contributed by atoms with E-state index >= 15 is 0 Å². The highest BCUT2D eigenvalue weighted by molar-refractivity contribution is 5.45. The minimum Gasteiger partial charge on any atom is -0.207 e. The monoisotopic (exact) mass is 296 g/mol. The second kappa shape index (κ2) is 6.24. The fourth-order valence-corrected chi connectivity index (χ4v) is 3.83. The van der Waals surface area contributed by atoms with Crippen molar-refractivity contribution in [3.63, 3.8) is 0 Å². The molecule has 1 aliphatic rings. The number of halogens is 1. The van der Waals surface area contributed by atoms with Crippen molar-refractivity contribution < 1.29 is 4.39 Å². The average molecular weight is 296 g/mol. The Hall–Kier alpha value is -1.63. The lowest BCUT2D eigenvalue weighted by Crippen LogP contribution is -2.12. The second-order valence-corrected chi connectivity index (χ2v) is 6.86. The topological polar surface area (TPSA) is 0 Å². The van der Waals surface area contributed by atoms with Crippen LogP contribution in [0.25, 0.3) is 0 Å². The van der Waals surface area contributed by atoms with Gasteiger partial charge in [0.25, 0.3) is 0 Å². The van der Waals surface area contributed by atoms with Gasteiger partial charge in [0, 0.05) is 0 Å². The third kappa shape index (κ3) is 2.82. The third-order valence-electron chi connectivity index (χ3n) is 5.39. The van der Waals surface area contributed by atoms with E-state index in [2.05, 4.69) is 45.0 Å². The van der Waals surface area contributed by atoms with Crippen molar-refractivity contribution in [3.8, 4) is 0 Å². The largest absolute Gasteiger partial charge is 0.207 e. The predicted molar refractivity (Wildman–Crippen MR) is 90.9 cm³/mol. The number of rotatable bonds is 3. The van der Waals surface area contributed by atoms with Gasteiger partial charge in [0.05, 0.1) is 0 Å². The van der Waals surface area contributed by atoms with E-state index < -0.39 is 0 Å². The summed E-state index contributed by atoms with van der Waals surface area (Å²) in [6.45, 7) is 6.85. The van der Waals surface area contributed by atoms with Crippen LogP contribution in [0.2, 0.25) is 0 Å². The van der Waals surface area contributed by atoms with Crippen LogP contribution in [0, 0.1) is 11.7 Å². The highest BCUT2D eigenvalue weighted by Crippen LogP contribution is 2.44. The lowest BCUT2D eigenvalue weighted by molar-refractivity contribution is 0.418. The Kier molecular flexibility index (Phi) is 4.33. The zero-order valence-electron chi connectivity index (χ0n) is 13.8. The van der Waals surface area contributed by atoms with E-state index in [4.69, 9.17) is 0 Å². The molecule has 3 atom stereocenters. The van der Waals surface area contributed by atoms with Gasteiger partial charge in [-0.3, -0.25) is 0 Å². The summed E-state index contributed by atoms with van der Waals surface area (Å²) in [7, 11) is 0. The number of hydrogen-bond acceptors (Lipinski definition) is 0. The molecule has 0 nitrogen and oxygen atoms in total. The first kappa shape index (κ1) is 15.3. The van der Waals surface area contributed by atoms with Crippen LogP contribution in [0.1, 0.15) is 67.7 Å². The van der Waals surface area contributed by atoms with E-state index in [0.29, 0.717) is 17.8 Å². The van der Waals surface area contributed by atoms with Gasteiger partial charge in [-0.1, -0.05) is 57.5 Å². The molecule has 2 aromatic carbocycles. The van der Waals surface area contributed by atoms with Gasteiger partial charge in [0.15, 0.2) is 0 Å². The first-order valence-corrected chi connectivity index (χ1v) is 8.46. The Morgan fingerprint density at radius 3 is 2.59 bits per heavy atom. The molecule has 0 fully saturated rings. The molecule has 1 heteroatoms. The molecule has 0 radical (unpaired) electrons. The summed E-state index contributed by atoms with van der Waals surface area (Å²) in [5.41, 5.74) is 5.36. The Bertz CT molecular complexity index is 659. The Morgan fingerprint density at radius 2 is 1.82 bits per heavy atom. The van der Waals surface area contributed by atoms with E-state index in [-0.39, 0.29) is 5.82 Å².